The van der Waals surface area contributed by atoms with Crippen molar-refractivity contribution in [3.8, 4) is 0 Å². The molecule has 0 aliphatic carbocycles. The first-order chi connectivity index (χ1) is 9.50. The van der Waals surface area contributed by atoms with E-state index in [0.29, 0.717) is 13.1 Å². The average Bonchev–Trinajstić information content (AvgIpc) is 2.93. The number of nitrogens with one attached hydrogen (secondary N) is 3. The minimum absolute atomic E-state index is 0.0881. The number of hydrogen-bond acceptors (Lipinski definition) is 4. The molecule has 1 aromatic rings. The van der Waals surface area contributed by atoms with E-state index in [1.165, 1.54) is 6.92 Å². The second kappa shape index (κ2) is 8.31. The van der Waals surface area contributed by atoms with Gasteiger partial charge in [-0.3, -0.25) is 14.3 Å². The van der Waals surface area contributed by atoms with E-state index in [9.17, 15) is 9.59 Å². The van der Waals surface area contributed by atoms with Gasteiger partial charge in [-0.25, -0.2) is 0 Å². The van der Waals surface area contributed by atoms with Gasteiger partial charge in [0.05, 0.1) is 12.6 Å². The van der Waals surface area contributed by atoms with Crippen LogP contribution in [-0.2, 0) is 9.59 Å². The number of carbonyl (C=O) groups excluding carboxylic acids is 2. The van der Waals surface area contributed by atoms with E-state index in [-0.39, 0.29) is 30.4 Å². The summed E-state index contributed by atoms with van der Waals surface area (Å²) in [5.41, 5.74) is 0. The van der Waals surface area contributed by atoms with Crippen LogP contribution >= 0.6 is 0 Å². The van der Waals surface area contributed by atoms with Gasteiger partial charge >= 0.3 is 0 Å². The molecule has 3 N–H and O–H groups in total. The van der Waals surface area contributed by atoms with Gasteiger partial charge in [-0.1, -0.05) is 0 Å². The Labute approximate surface area is 119 Å². The van der Waals surface area contributed by atoms with Crippen LogP contribution < -0.4 is 16.0 Å². The predicted molar refractivity (Wildman–Crippen MR) is 76.1 cm³/mol. The number of carbonyl (C=O) groups is 2. The molecule has 112 valence electrons. The first-order valence-corrected chi connectivity index (χ1v) is 6.74. The van der Waals surface area contributed by atoms with Crippen molar-refractivity contribution in [3.63, 3.8) is 0 Å². The summed E-state index contributed by atoms with van der Waals surface area (Å²) in [4.78, 5) is 22.2. The van der Waals surface area contributed by atoms with Gasteiger partial charge in [-0.15, -0.1) is 0 Å². The lowest BCUT2D eigenvalue weighted by Gasteiger charge is -2.21. The maximum absolute atomic E-state index is 11.6. The average molecular weight is 281 g/mol. The van der Waals surface area contributed by atoms with Gasteiger partial charge in [0, 0.05) is 38.4 Å². The number of rotatable bonds is 8. The lowest BCUT2D eigenvalue weighted by Crippen LogP contribution is -2.43. The standard InChI is InChI=1S/C13H23N5O2/c1-10(11(2)18-8-4-5-17-18)16-9-13(20)15-7-6-14-12(3)19/h4-5,8,10-11,16H,6-7,9H2,1-3H3,(H,14,19)(H,15,20). The zero-order chi connectivity index (χ0) is 15.0. The van der Waals surface area contributed by atoms with Crippen molar-refractivity contribution in [2.45, 2.75) is 32.9 Å². The van der Waals surface area contributed by atoms with E-state index in [0.717, 1.165) is 0 Å². The molecule has 0 spiro atoms. The summed E-state index contributed by atoms with van der Waals surface area (Å²) in [5, 5.41) is 12.7. The highest BCUT2D eigenvalue weighted by molar-refractivity contribution is 5.78. The topological polar surface area (TPSA) is 88.0 Å². The van der Waals surface area contributed by atoms with Gasteiger partial charge in [0.2, 0.25) is 11.8 Å². The van der Waals surface area contributed by atoms with E-state index < -0.39 is 0 Å². The summed E-state index contributed by atoms with van der Waals surface area (Å²) in [7, 11) is 0. The summed E-state index contributed by atoms with van der Waals surface area (Å²) < 4.78 is 1.85. The number of nitrogens with zero attached hydrogens (tertiary/aromatic N) is 2. The third-order valence-corrected chi connectivity index (χ3v) is 3.07. The van der Waals surface area contributed by atoms with E-state index in [4.69, 9.17) is 0 Å². The Morgan fingerprint density at radius 2 is 1.95 bits per heavy atom. The third-order valence-electron chi connectivity index (χ3n) is 3.07. The molecule has 1 aromatic heterocycles. The van der Waals surface area contributed by atoms with Gasteiger partial charge in [0.25, 0.3) is 0 Å². The lowest BCUT2D eigenvalue weighted by molar-refractivity contribution is -0.121. The Balaban J connectivity index is 2.18. The van der Waals surface area contributed by atoms with Crippen LogP contribution in [0.1, 0.15) is 26.8 Å². The van der Waals surface area contributed by atoms with E-state index in [1.807, 2.05) is 30.8 Å². The highest BCUT2D eigenvalue weighted by Crippen LogP contribution is 2.08. The SMILES string of the molecule is CC(=O)NCCNC(=O)CNC(C)C(C)n1cccn1. The first-order valence-electron chi connectivity index (χ1n) is 6.74. The van der Waals surface area contributed by atoms with Crippen molar-refractivity contribution in [2.75, 3.05) is 19.6 Å². The summed E-state index contributed by atoms with van der Waals surface area (Å²) in [6, 6.07) is 2.16. The Morgan fingerprint density at radius 1 is 1.25 bits per heavy atom. The molecule has 0 bridgehead atoms. The van der Waals surface area contributed by atoms with Crippen LogP contribution in [0.4, 0.5) is 0 Å². The molecule has 2 unspecified atom stereocenters. The van der Waals surface area contributed by atoms with Crippen LogP contribution in [0.5, 0.6) is 0 Å². The van der Waals surface area contributed by atoms with Crippen molar-refractivity contribution < 1.29 is 9.59 Å². The lowest BCUT2D eigenvalue weighted by atomic mass is 10.2. The Kier molecular flexibility index (Phi) is 6.72. The summed E-state index contributed by atoms with van der Waals surface area (Å²) in [6.07, 6.45) is 3.63. The van der Waals surface area contributed by atoms with Crippen LogP contribution in [0.3, 0.4) is 0 Å². The minimum atomic E-state index is -0.0981. The van der Waals surface area contributed by atoms with Gasteiger partial charge in [0.15, 0.2) is 0 Å². The van der Waals surface area contributed by atoms with E-state index in [2.05, 4.69) is 21.0 Å². The van der Waals surface area contributed by atoms with Crippen molar-refractivity contribution in [1.82, 2.24) is 25.7 Å². The second-order valence-corrected chi connectivity index (χ2v) is 4.73. The normalized spacial score (nSPS) is 13.6. The molecule has 0 aliphatic heterocycles. The molecule has 7 nitrogen and oxygen atoms in total. The first kappa shape index (κ1) is 16.2. The molecule has 2 amide bonds. The molecule has 0 saturated carbocycles. The van der Waals surface area contributed by atoms with Crippen LogP contribution in [0, 0.1) is 0 Å². The van der Waals surface area contributed by atoms with Crippen molar-refractivity contribution >= 4 is 11.8 Å². The maximum atomic E-state index is 11.6. The molecule has 2 atom stereocenters. The molecule has 0 saturated heterocycles. The summed E-state index contributed by atoms with van der Waals surface area (Å²) in [6.45, 7) is 6.62. The zero-order valence-electron chi connectivity index (χ0n) is 12.2. The molecular weight excluding hydrogens is 258 g/mol. The van der Waals surface area contributed by atoms with Crippen LogP contribution in [0.2, 0.25) is 0 Å². The van der Waals surface area contributed by atoms with Crippen molar-refractivity contribution in [2.24, 2.45) is 0 Å². The zero-order valence-corrected chi connectivity index (χ0v) is 12.2. The number of aromatic nitrogens is 2. The van der Waals surface area contributed by atoms with Crippen molar-refractivity contribution in [1.29, 1.82) is 0 Å². The highest BCUT2D eigenvalue weighted by atomic mass is 16.2. The van der Waals surface area contributed by atoms with Crippen LogP contribution in [0.25, 0.3) is 0 Å². The van der Waals surface area contributed by atoms with E-state index in [1.54, 1.807) is 6.20 Å². The molecule has 1 rings (SSSR count). The molecule has 0 aliphatic rings. The Hall–Kier alpha value is -1.89. The maximum Gasteiger partial charge on any atom is 0.234 e. The molecule has 0 radical (unpaired) electrons. The Bertz CT molecular complexity index is 418. The summed E-state index contributed by atoms with van der Waals surface area (Å²) in [5.74, 6) is -0.186. The number of hydrogen-bond donors (Lipinski definition) is 3. The fraction of sp³-hybridized carbons (Fsp3) is 0.615. The second-order valence-electron chi connectivity index (χ2n) is 4.73. The molecule has 1 heterocycles. The smallest absolute Gasteiger partial charge is 0.234 e. The largest absolute Gasteiger partial charge is 0.355 e. The fourth-order valence-electron chi connectivity index (χ4n) is 1.68. The molecule has 0 aromatic carbocycles. The molecular formula is C13H23N5O2. The Morgan fingerprint density at radius 3 is 2.55 bits per heavy atom. The number of amides is 2. The van der Waals surface area contributed by atoms with Gasteiger partial charge in [0.1, 0.15) is 0 Å². The fourth-order valence-corrected chi connectivity index (χ4v) is 1.68. The third kappa shape index (κ3) is 5.83. The van der Waals surface area contributed by atoms with E-state index >= 15 is 0 Å². The highest BCUT2D eigenvalue weighted by Gasteiger charge is 2.14. The van der Waals surface area contributed by atoms with Gasteiger partial charge in [-0.2, -0.15) is 5.10 Å². The quantitative estimate of drug-likeness (QED) is 0.570. The molecule has 0 fully saturated rings. The van der Waals surface area contributed by atoms with Crippen LogP contribution in [-0.4, -0.2) is 47.3 Å². The molecule has 20 heavy (non-hydrogen) atoms. The molecule has 7 heteroatoms. The minimum Gasteiger partial charge on any atom is -0.355 e. The van der Waals surface area contributed by atoms with Gasteiger partial charge in [-0.05, 0) is 19.9 Å². The predicted octanol–water partition coefficient (Wildman–Crippen LogP) is -0.325. The van der Waals surface area contributed by atoms with Crippen molar-refractivity contribution in [3.05, 3.63) is 18.5 Å². The monoisotopic (exact) mass is 281 g/mol. The van der Waals surface area contributed by atoms with Gasteiger partial charge < -0.3 is 16.0 Å². The van der Waals surface area contributed by atoms with Crippen LogP contribution in [0.15, 0.2) is 18.5 Å². The summed E-state index contributed by atoms with van der Waals surface area (Å²) >= 11 is 0.